The third-order valence-electron chi connectivity index (χ3n) is 3.34. The van der Waals surface area contributed by atoms with E-state index in [1.165, 1.54) is 5.56 Å². The number of likely N-dealkylation sites (N-methyl/N-ethyl adjacent to an activating group) is 1. The molecule has 0 saturated carbocycles. The Labute approximate surface area is 130 Å². The molecule has 0 aliphatic heterocycles. The van der Waals surface area contributed by atoms with E-state index >= 15 is 0 Å². The zero-order valence-electron chi connectivity index (χ0n) is 13.0. The Morgan fingerprint density at radius 2 is 2.00 bits per heavy atom. The summed E-state index contributed by atoms with van der Waals surface area (Å²) in [4.78, 5) is 4.56. The van der Waals surface area contributed by atoms with Gasteiger partial charge in [0, 0.05) is 17.8 Å². The topological polar surface area (TPSA) is 43.4 Å². The van der Waals surface area contributed by atoms with Crippen LogP contribution in [0.4, 0.5) is 0 Å². The SMILES string of the molecule is CCNC(Cc1csc(C)n1)c1ccc(OC)c(OC)c1. The monoisotopic (exact) mass is 306 g/mol. The van der Waals surface area contributed by atoms with E-state index < -0.39 is 0 Å². The van der Waals surface area contributed by atoms with E-state index in [2.05, 4.69) is 28.7 Å². The molecular weight excluding hydrogens is 284 g/mol. The van der Waals surface area contributed by atoms with Crippen LogP contribution < -0.4 is 14.8 Å². The molecular formula is C16H22N2O2S. The van der Waals surface area contributed by atoms with Crippen molar-refractivity contribution in [1.82, 2.24) is 10.3 Å². The van der Waals surface area contributed by atoms with Gasteiger partial charge < -0.3 is 14.8 Å². The quantitative estimate of drug-likeness (QED) is 0.852. The third-order valence-corrected chi connectivity index (χ3v) is 4.16. The molecule has 114 valence electrons. The summed E-state index contributed by atoms with van der Waals surface area (Å²) in [6, 6.07) is 6.28. The van der Waals surface area contributed by atoms with Crippen LogP contribution in [0.25, 0.3) is 0 Å². The molecule has 1 heterocycles. The molecule has 0 bridgehead atoms. The first-order valence-corrected chi connectivity index (χ1v) is 7.92. The molecule has 1 unspecified atom stereocenters. The van der Waals surface area contributed by atoms with E-state index in [1.807, 2.05) is 19.1 Å². The van der Waals surface area contributed by atoms with Gasteiger partial charge in [0.05, 0.1) is 24.9 Å². The van der Waals surface area contributed by atoms with Gasteiger partial charge in [-0.2, -0.15) is 0 Å². The maximum absolute atomic E-state index is 5.39. The molecule has 0 radical (unpaired) electrons. The first-order valence-electron chi connectivity index (χ1n) is 7.04. The number of aryl methyl sites for hydroxylation is 1. The molecule has 5 heteroatoms. The van der Waals surface area contributed by atoms with E-state index in [0.717, 1.165) is 35.2 Å². The number of nitrogens with one attached hydrogen (secondary N) is 1. The molecule has 1 aromatic carbocycles. The van der Waals surface area contributed by atoms with Crippen molar-refractivity contribution in [2.45, 2.75) is 26.3 Å². The van der Waals surface area contributed by atoms with Gasteiger partial charge in [0.15, 0.2) is 11.5 Å². The summed E-state index contributed by atoms with van der Waals surface area (Å²) >= 11 is 1.69. The van der Waals surface area contributed by atoms with Crippen molar-refractivity contribution in [3.63, 3.8) is 0 Å². The maximum Gasteiger partial charge on any atom is 0.161 e. The van der Waals surface area contributed by atoms with Crippen LogP contribution in [-0.2, 0) is 6.42 Å². The highest BCUT2D eigenvalue weighted by Crippen LogP contribution is 2.31. The van der Waals surface area contributed by atoms with Crippen molar-refractivity contribution in [3.8, 4) is 11.5 Å². The van der Waals surface area contributed by atoms with Gasteiger partial charge in [-0.1, -0.05) is 13.0 Å². The maximum atomic E-state index is 5.39. The minimum Gasteiger partial charge on any atom is -0.493 e. The zero-order valence-corrected chi connectivity index (χ0v) is 13.8. The fourth-order valence-corrected chi connectivity index (χ4v) is 2.96. The Bertz CT molecular complexity index is 583. The summed E-state index contributed by atoms with van der Waals surface area (Å²) in [5, 5.41) is 6.74. The highest BCUT2D eigenvalue weighted by atomic mass is 32.1. The van der Waals surface area contributed by atoms with E-state index in [1.54, 1.807) is 25.6 Å². The van der Waals surface area contributed by atoms with E-state index in [9.17, 15) is 0 Å². The van der Waals surface area contributed by atoms with Crippen molar-refractivity contribution in [1.29, 1.82) is 0 Å². The van der Waals surface area contributed by atoms with Crippen LogP contribution in [0.1, 0.15) is 29.2 Å². The molecule has 1 atom stereocenters. The Morgan fingerprint density at radius 3 is 2.57 bits per heavy atom. The fraction of sp³-hybridized carbons (Fsp3) is 0.438. The molecule has 0 spiro atoms. The summed E-state index contributed by atoms with van der Waals surface area (Å²) in [7, 11) is 3.31. The van der Waals surface area contributed by atoms with Gasteiger partial charge in [-0.25, -0.2) is 4.98 Å². The van der Waals surface area contributed by atoms with Crippen LogP contribution in [0.5, 0.6) is 11.5 Å². The van der Waals surface area contributed by atoms with Gasteiger partial charge in [-0.3, -0.25) is 0 Å². The Morgan fingerprint density at radius 1 is 1.24 bits per heavy atom. The van der Waals surface area contributed by atoms with E-state index in [0.29, 0.717) is 0 Å². The van der Waals surface area contributed by atoms with Crippen molar-refractivity contribution < 1.29 is 9.47 Å². The van der Waals surface area contributed by atoms with Crippen LogP contribution in [0.2, 0.25) is 0 Å². The zero-order chi connectivity index (χ0) is 15.2. The average Bonchev–Trinajstić information content (AvgIpc) is 2.91. The van der Waals surface area contributed by atoms with Gasteiger partial charge in [0.2, 0.25) is 0 Å². The van der Waals surface area contributed by atoms with Gasteiger partial charge in [-0.15, -0.1) is 11.3 Å². The number of aromatic nitrogens is 1. The van der Waals surface area contributed by atoms with Gasteiger partial charge >= 0.3 is 0 Å². The van der Waals surface area contributed by atoms with E-state index in [4.69, 9.17) is 9.47 Å². The summed E-state index contributed by atoms with van der Waals surface area (Å²) in [5.41, 5.74) is 2.30. The normalized spacial score (nSPS) is 12.2. The number of ether oxygens (including phenoxy) is 2. The smallest absolute Gasteiger partial charge is 0.161 e. The molecule has 2 rings (SSSR count). The molecule has 0 aliphatic rings. The lowest BCUT2D eigenvalue weighted by Gasteiger charge is -2.19. The number of hydrogen-bond acceptors (Lipinski definition) is 5. The molecule has 0 fully saturated rings. The molecule has 0 amide bonds. The van der Waals surface area contributed by atoms with Crippen molar-refractivity contribution >= 4 is 11.3 Å². The van der Waals surface area contributed by atoms with Crippen LogP contribution in [0.3, 0.4) is 0 Å². The van der Waals surface area contributed by atoms with Crippen LogP contribution >= 0.6 is 11.3 Å². The minimum absolute atomic E-state index is 0.219. The lowest BCUT2D eigenvalue weighted by Crippen LogP contribution is -2.23. The third kappa shape index (κ3) is 3.95. The first-order chi connectivity index (χ1) is 10.2. The number of methoxy groups -OCH3 is 2. The number of hydrogen-bond donors (Lipinski definition) is 1. The second-order valence-electron chi connectivity index (χ2n) is 4.79. The first kappa shape index (κ1) is 15.8. The molecule has 0 saturated heterocycles. The summed E-state index contributed by atoms with van der Waals surface area (Å²) < 4.78 is 10.7. The highest BCUT2D eigenvalue weighted by molar-refractivity contribution is 7.09. The van der Waals surface area contributed by atoms with Crippen molar-refractivity contribution in [2.24, 2.45) is 0 Å². The van der Waals surface area contributed by atoms with Crippen LogP contribution in [0, 0.1) is 6.92 Å². The number of rotatable bonds is 7. The number of benzene rings is 1. The van der Waals surface area contributed by atoms with E-state index in [-0.39, 0.29) is 6.04 Å². The molecule has 1 aromatic heterocycles. The standard InChI is InChI=1S/C16H22N2O2S/c1-5-17-14(9-13-10-21-11(2)18-13)12-6-7-15(19-3)16(8-12)20-4/h6-8,10,14,17H,5,9H2,1-4H3. The average molecular weight is 306 g/mol. The Balaban J connectivity index is 2.24. The van der Waals surface area contributed by atoms with Gasteiger partial charge in [0.1, 0.15) is 0 Å². The summed E-state index contributed by atoms with van der Waals surface area (Å²) in [6.07, 6.45) is 0.869. The summed E-state index contributed by atoms with van der Waals surface area (Å²) in [5.74, 6) is 1.51. The molecule has 1 N–H and O–H groups in total. The Hall–Kier alpha value is -1.59. The Kier molecular flexibility index (Phi) is 5.59. The van der Waals surface area contributed by atoms with Crippen molar-refractivity contribution in [3.05, 3.63) is 39.8 Å². The lowest BCUT2D eigenvalue weighted by molar-refractivity contribution is 0.353. The molecule has 2 aromatic rings. The summed E-state index contributed by atoms with van der Waals surface area (Å²) in [6.45, 7) is 5.05. The molecule has 4 nitrogen and oxygen atoms in total. The second-order valence-corrected chi connectivity index (χ2v) is 5.85. The number of thiazole rings is 1. The van der Waals surface area contributed by atoms with Crippen LogP contribution in [-0.4, -0.2) is 25.7 Å². The molecule has 0 aliphatic carbocycles. The largest absolute Gasteiger partial charge is 0.493 e. The fourth-order valence-electron chi connectivity index (χ4n) is 2.33. The predicted octanol–water partition coefficient (Wildman–Crippen LogP) is 3.36. The highest BCUT2D eigenvalue weighted by Gasteiger charge is 2.15. The lowest BCUT2D eigenvalue weighted by atomic mass is 10.0. The minimum atomic E-state index is 0.219. The van der Waals surface area contributed by atoms with Gasteiger partial charge in [-0.05, 0) is 31.2 Å². The van der Waals surface area contributed by atoms with Crippen molar-refractivity contribution in [2.75, 3.05) is 20.8 Å². The second kappa shape index (κ2) is 7.43. The van der Waals surface area contributed by atoms with Gasteiger partial charge in [0.25, 0.3) is 0 Å². The number of nitrogens with zero attached hydrogens (tertiary/aromatic N) is 1. The predicted molar refractivity (Wildman–Crippen MR) is 86.5 cm³/mol. The van der Waals surface area contributed by atoms with Crippen LogP contribution in [0.15, 0.2) is 23.6 Å². The molecule has 21 heavy (non-hydrogen) atoms.